The Morgan fingerprint density at radius 3 is 2.81 bits per heavy atom. The molecule has 106 valence electrons. The summed E-state index contributed by atoms with van der Waals surface area (Å²) in [5.74, 6) is 0.649. The summed E-state index contributed by atoms with van der Waals surface area (Å²) >= 11 is 0. The van der Waals surface area contributed by atoms with E-state index in [1.165, 1.54) is 0 Å². The quantitative estimate of drug-likeness (QED) is 0.914. The average Bonchev–Trinajstić information content (AvgIpc) is 2.49. The molecule has 0 aliphatic carbocycles. The summed E-state index contributed by atoms with van der Waals surface area (Å²) in [6.45, 7) is 2.28. The monoisotopic (exact) mass is 280 g/mol. The maximum atomic E-state index is 11.8. The zero-order valence-electron chi connectivity index (χ0n) is 11.8. The minimum atomic E-state index is -0.140. The fourth-order valence-corrected chi connectivity index (χ4v) is 1.86. The first-order valence-corrected chi connectivity index (χ1v) is 6.67. The van der Waals surface area contributed by atoms with Crippen LogP contribution in [0.25, 0.3) is 0 Å². The normalized spacial score (nSPS) is 9.71. The van der Waals surface area contributed by atoms with Crippen LogP contribution in [0.2, 0.25) is 0 Å². The first-order chi connectivity index (χ1) is 10.2. The second kappa shape index (κ2) is 7.11. The van der Waals surface area contributed by atoms with Crippen molar-refractivity contribution in [2.75, 3.05) is 11.9 Å². The van der Waals surface area contributed by atoms with Crippen LogP contribution >= 0.6 is 0 Å². The number of carbonyl (C=O) groups is 1. The molecule has 4 nitrogen and oxygen atoms in total. The summed E-state index contributed by atoms with van der Waals surface area (Å²) in [4.78, 5) is 11.8. The predicted molar refractivity (Wildman–Crippen MR) is 81.1 cm³/mol. The molecule has 0 aliphatic rings. The second-order valence-corrected chi connectivity index (χ2v) is 4.60. The molecule has 0 aromatic heterocycles. The number of benzene rings is 2. The smallest absolute Gasteiger partial charge is 0.227 e. The highest BCUT2D eigenvalue weighted by Gasteiger charge is 2.04. The predicted octanol–water partition coefficient (Wildman–Crippen LogP) is 3.27. The van der Waals surface area contributed by atoms with Gasteiger partial charge in [0.25, 0.3) is 0 Å². The summed E-state index contributed by atoms with van der Waals surface area (Å²) < 4.78 is 5.58. The molecule has 4 heteroatoms. The molecular formula is C17H16N2O2. The van der Waals surface area contributed by atoms with Gasteiger partial charge in [-0.2, -0.15) is 5.26 Å². The zero-order valence-corrected chi connectivity index (χ0v) is 11.8. The number of amides is 1. The number of para-hydroxylation sites is 1. The van der Waals surface area contributed by atoms with Crippen molar-refractivity contribution in [1.29, 1.82) is 5.26 Å². The van der Waals surface area contributed by atoms with Crippen molar-refractivity contribution in [3.63, 3.8) is 0 Å². The van der Waals surface area contributed by atoms with Gasteiger partial charge in [0.05, 0.1) is 24.7 Å². The Hall–Kier alpha value is -2.80. The molecule has 2 rings (SSSR count). The van der Waals surface area contributed by atoms with Crippen molar-refractivity contribution >= 4 is 11.6 Å². The first-order valence-electron chi connectivity index (χ1n) is 6.67. The van der Waals surface area contributed by atoms with E-state index >= 15 is 0 Å². The highest BCUT2D eigenvalue weighted by molar-refractivity contribution is 5.90. The van der Waals surface area contributed by atoms with Gasteiger partial charge in [0, 0.05) is 5.69 Å². The standard InChI is InChI=1S/C17H16N2O2/c1-13-5-2-3-8-16(13)21-10-9-17(20)19-15-7-4-6-14(11-15)12-18/h2-8,11H,9-10H2,1H3,(H,19,20). The molecule has 0 spiro atoms. The molecule has 2 aromatic carbocycles. The molecule has 0 radical (unpaired) electrons. The van der Waals surface area contributed by atoms with Crippen LogP contribution in [0.3, 0.4) is 0 Å². The average molecular weight is 280 g/mol. The van der Waals surface area contributed by atoms with E-state index in [0.29, 0.717) is 17.9 Å². The fraction of sp³-hybridized carbons (Fsp3) is 0.176. The van der Waals surface area contributed by atoms with Gasteiger partial charge in [-0.05, 0) is 36.8 Å². The van der Waals surface area contributed by atoms with Crippen LogP contribution in [-0.2, 0) is 4.79 Å². The van der Waals surface area contributed by atoms with E-state index in [1.54, 1.807) is 24.3 Å². The molecular weight excluding hydrogens is 264 g/mol. The van der Waals surface area contributed by atoms with Gasteiger partial charge in [-0.15, -0.1) is 0 Å². The molecule has 2 aromatic rings. The van der Waals surface area contributed by atoms with E-state index in [-0.39, 0.29) is 12.3 Å². The summed E-state index contributed by atoms with van der Waals surface area (Å²) in [5, 5.41) is 11.6. The molecule has 1 amide bonds. The lowest BCUT2D eigenvalue weighted by atomic mass is 10.2. The minimum Gasteiger partial charge on any atom is -0.493 e. The molecule has 0 saturated heterocycles. The fourth-order valence-electron chi connectivity index (χ4n) is 1.86. The molecule has 0 unspecified atom stereocenters. The number of nitrogens with zero attached hydrogens (tertiary/aromatic N) is 1. The van der Waals surface area contributed by atoms with Crippen LogP contribution < -0.4 is 10.1 Å². The Bertz CT molecular complexity index is 674. The minimum absolute atomic E-state index is 0.140. The van der Waals surface area contributed by atoms with Crippen LogP contribution in [0.15, 0.2) is 48.5 Å². The van der Waals surface area contributed by atoms with Crippen molar-refractivity contribution in [1.82, 2.24) is 0 Å². The largest absolute Gasteiger partial charge is 0.493 e. The molecule has 0 aliphatic heterocycles. The van der Waals surface area contributed by atoms with Gasteiger partial charge >= 0.3 is 0 Å². The molecule has 1 N–H and O–H groups in total. The lowest BCUT2D eigenvalue weighted by molar-refractivity contribution is -0.116. The van der Waals surface area contributed by atoms with Gasteiger partial charge in [-0.3, -0.25) is 4.79 Å². The molecule has 21 heavy (non-hydrogen) atoms. The third kappa shape index (κ3) is 4.36. The number of hydrogen-bond acceptors (Lipinski definition) is 3. The van der Waals surface area contributed by atoms with Crippen LogP contribution in [0.5, 0.6) is 5.75 Å². The second-order valence-electron chi connectivity index (χ2n) is 4.60. The number of aryl methyl sites for hydroxylation is 1. The van der Waals surface area contributed by atoms with E-state index in [2.05, 4.69) is 5.32 Å². The Kier molecular flexibility index (Phi) is 4.94. The highest BCUT2D eigenvalue weighted by atomic mass is 16.5. The first kappa shape index (κ1) is 14.6. The van der Waals surface area contributed by atoms with Crippen LogP contribution in [0.1, 0.15) is 17.5 Å². The van der Waals surface area contributed by atoms with E-state index in [9.17, 15) is 4.79 Å². The Labute approximate surface area is 124 Å². The lowest BCUT2D eigenvalue weighted by Gasteiger charge is -2.09. The van der Waals surface area contributed by atoms with E-state index in [4.69, 9.17) is 10.00 Å². The number of nitrogens with one attached hydrogen (secondary N) is 1. The van der Waals surface area contributed by atoms with Crippen LogP contribution in [0.4, 0.5) is 5.69 Å². The molecule has 0 atom stereocenters. The molecule has 0 saturated carbocycles. The van der Waals surface area contributed by atoms with Crippen molar-refractivity contribution in [3.05, 3.63) is 59.7 Å². The number of nitriles is 1. The number of hydrogen-bond donors (Lipinski definition) is 1. The van der Waals surface area contributed by atoms with Gasteiger partial charge in [0.1, 0.15) is 5.75 Å². The molecule has 0 fully saturated rings. The van der Waals surface area contributed by atoms with Gasteiger partial charge in [-0.25, -0.2) is 0 Å². The maximum absolute atomic E-state index is 11.8. The number of rotatable bonds is 5. The van der Waals surface area contributed by atoms with Gasteiger partial charge in [0.15, 0.2) is 0 Å². The van der Waals surface area contributed by atoms with Crippen LogP contribution in [-0.4, -0.2) is 12.5 Å². The summed E-state index contributed by atoms with van der Waals surface area (Å²) in [6.07, 6.45) is 0.255. The van der Waals surface area contributed by atoms with E-state index < -0.39 is 0 Å². The van der Waals surface area contributed by atoms with Crippen molar-refractivity contribution < 1.29 is 9.53 Å². The molecule has 0 bridgehead atoms. The summed E-state index contributed by atoms with van der Waals surface area (Å²) in [7, 11) is 0. The van der Waals surface area contributed by atoms with Gasteiger partial charge in [0.2, 0.25) is 5.91 Å². The third-order valence-electron chi connectivity index (χ3n) is 2.96. The third-order valence-corrected chi connectivity index (χ3v) is 2.96. The highest BCUT2D eigenvalue weighted by Crippen LogP contribution is 2.16. The Balaban J connectivity index is 1.83. The van der Waals surface area contributed by atoms with Crippen molar-refractivity contribution in [2.45, 2.75) is 13.3 Å². The number of carbonyl (C=O) groups excluding carboxylic acids is 1. The summed E-state index contributed by atoms with van der Waals surface area (Å²) in [6, 6.07) is 16.5. The van der Waals surface area contributed by atoms with E-state index in [0.717, 1.165) is 11.3 Å². The zero-order chi connectivity index (χ0) is 15.1. The lowest BCUT2D eigenvalue weighted by Crippen LogP contribution is -2.15. The molecule has 0 heterocycles. The van der Waals surface area contributed by atoms with Crippen LogP contribution in [0, 0.1) is 18.3 Å². The van der Waals surface area contributed by atoms with Crippen molar-refractivity contribution in [3.8, 4) is 11.8 Å². The maximum Gasteiger partial charge on any atom is 0.227 e. The van der Waals surface area contributed by atoms with Gasteiger partial charge in [-0.1, -0.05) is 24.3 Å². The Morgan fingerprint density at radius 2 is 2.05 bits per heavy atom. The topological polar surface area (TPSA) is 62.1 Å². The summed E-state index contributed by atoms with van der Waals surface area (Å²) in [5.41, 5.74) is 2.18. The van der Waals surface area contributed by atoms with Crippen molar-refractivity contribution in [2.24, 2.45) is 0 Å². The van der Waals surface area contributed by atoms with Gasteiger partial charge < -0.3 is 10.1 Å². The number of ether oxygens (including phenoxy) is 1. The number of anilines is 1. The van der Waals surface area contributed by atoms with E-state index in [1.807, 2.05) is 37.3 Å². The SMILES string of the molecule is Cc1ccccc1OCCC(=O)Nc1cccc(C#N)c1. The Morgan fingerprint density at radius 1 is 1.24 bits per heavy atom.